The fourth-order valence-electron chi connectivity index (χ4n) is 2.15. The van der Waals surface area contributed by atoms with E-state index in [0.717, 1.165) is 22.5 Å². The van der Waals surface area contributed by atoms with Gasteiger partial charge in [-0.2, -0.15) is 0 Å². The van der Waals surface area contributed by atoms with Gasteiger partial charge in [0.15, 0.2) is 0 Å². The van der Waals surface area contributed by atoms with Crippen molar-refractivity contribution in [3.8, 4) is 0 Å². The predicted octanol–water partition coefficient (Wildman–Crippen LogP) is 2.76. The van der Waals surface area contributed by atoms with E-state index in [1.165, 1.54) is 6.92 Å². The standard InChI is InChI=1S/C17H21N3O/c1-12(21)19-15-8-4-13(5-9-15)17(18)14-6-10-16(11-7-14)20(2)3/h4-11,17H,18H2,1-3H3,(H,19,21). The van der Waals surface area contributed by atoms with Gasteiger partial charge in [0.05, 0.1) is 6.04 Å². The van der Waals surface area contributed by atoms with E-state index in [4.69, 9.17) is 5.73 Å². The molecule has 0 aliphatic carbocycles. The van der Waals surface area contributed by atoms with E-state index in [1.807, 2.05) is 50.5 Å². The van der Waals surface area contributed by atoms with Gasteiger partial charge in [-0.05, 0) is 35.4 Å². The van der Waals surface area contributed by atoms with Gasteiger partial charge < -0.3 is 16.0 Å². The Morgan fingerprint density at radius 3 is 1.90 bits per heavy atom. The second-order valence-electron chi connectivity index (χ2n) is 5.27. The zero-order valence-electron chi connectivity index (χ0n) is 12.6. The van der Waals surface area contributed by atoms with E-state index < -0.39 is 0 Å². The van der Waals surface area contributed by atoms with Gasteiger partial charge in [-0.3, -0.25) is 4.79 Å². The van der Waals surface area contributed by atoms with Crippen LogP contribution in [0.1, 0.15) is 24.1 Å². The maximum absolute atomic E-state index is 11.0. The minimum atomic E-state index is -0.174. The lowest BCUT2D eigenvalue weighted by molar-refractivity contribution is -0.114. The van der Waals surface area contributed by atoms with Gasteiger partial charge in [0.1, 0.15) is 0 Å². The van der Waals surface area contributed by atoms with E-state index in [1.54, 1.807) is 0 Å². The first-order chi connectivity index (χ1) is 9.97. The van der Waals surface area contributed by atoms with Crippen molar-refractivity contribution in [2.24, 2.45) is 5.73 Å². The smallest absolute Gasteiger partial charge is 0.221 e. The summed E-state index contributed by atoms with van der Waals surface area (Å²) in [6.07, 6.45) is 0. The lowest BCUT2D eigenvalue weighted by atomic mass is 9.99. The molecule has 21 heavy (non-hydrogen) atoms. The molecule has 0 aromatic heterocycles. The molecule has 0 aliphatic heterocycles. The van der Waals surface area contributed by atoms with Crippen LogP contribution < -0.4 is 16.0 Å². The van der Waals surface area contributed by atoms with Crippen LogP contribution in [0.15, 0.2) is 48.5 Å². The van der Waals surface area contributed by atoms with Crippen LogP contribution in [-0.2, 0) is 4.79 Å². The SMILES string of the molecule is CC(=O)Nc1ccc(C(N)c2ccc(N(C)C)cc2)cc1. The minimum Gasteiger partial charge on any atom is -0.378 e. The molecule has 0 radical (unpaired) electrons. The molecule has 0 spiro atoms. The second kappa shape index (κ2) is 6.41. The number of carbonyl (C=O) groups excluding carboxylic acids is 1. The minimum absolute atomic E-state index is 0.0775. The van der Waals surface area contributed by atoms with Gasteiger partial charge in [-0.25, -0.2) is 0 Å². The van der Waals surface area contributed by atoms with Crippen molar-refractivity contribution >= 4 is 17.3 Å². The van der Waals surface area contributed by atoms with Gasteiger partial charge in [-0.1, -0.05) is 24.3 Å². The van der Waals surface area contributed by atoms with Crippen molar-refractivity contribution in [3.05, 3.63) is 59.7 Å². The van der Waals surface area contributed by atoms with Crippen molar-refractivity contribution in [1.29, 1.82) is 0 Å². The maximum Gasteiger partial charge on any atom is 0.221 e. The highest BCUT2D eigenvalue weighted by Crippen LogP contribution is 2.23. The van der Waals surface area contributed by atoms with Gasteiger partial charge in [-0.15, -0.1) is 0 Å². The summed E-state index contributed by atoms with van der Waals surface area (Å²) in [6, 6.07) is 15.6. The summed E-state index contributed by atoms with van der Waals surface area (Å²) in [5.41, 5.74) is 10.3. The van der Waals surface area contributed by atoms with Crippen LogP contribution in [-0.4, -0.2) is 20.0 Å². The summed E-state index contributed by atoms with van der Waals surface area (Å²) < 4.78 is 0. The largest absolute Gasteiger partial charge is 0.378 e. The number of carbonyl (C=O) groups is 1. The van der Waals surface area contributed by atoms with E-state index in [0.29, 0.717) is 0 Å². The van der Waals surface area contributed by atoms with Gasteiger partial charge >= 0.3 is 0 Å². The molecule has 4 nitrogen and oxygen atoms in total. The molecule has 0 saturated carbocycles. The first-order valence-electron chi connectivity index (χ1n) is 6.88. The number of amides is 1. The van der Waals surface area contributed by atoms with Crippen molar-refractivity contribution in [3.63, 3.8) is 0 Å². The molecule has 4 heteroatoms. The third-order valence-corrected chi connectivity index (χ3v) is 3.36. The van der Waals surface area contributed by atoms with Crippen LogP contribution in [0, 0.1) is 0 Å². The molecule has 2 aromatic carbocycles. The molecule has 1 amide bonds. The van der Waals surface area contributed by atoms with Gasteiger partial charge in [0.25, 0.3) is 0 Å². The predicted molar refractivity (Wildman–Crippen MR) is 87.5 cm³/mol. The first-order valence-corrected chi connectivity index (χ1v) is 6.88. The number of nitrogens with one attached hydrogen (secondary N) is 1. The normalized spacial score (nSPS) is 11.8. The molecule has 2 aromatic rings. The monoisotopic (exact) mass is 283 g/mol. The second-order valence-corrected chi connectivity index (χ2v) is 5.27. The summed E-state index contributed by atoms with van der Waals surface area (Å²) in [7, 11) is 4.02. The molecule has 0 aliphatic rings. The van der Waals surface area contributed by atoms with Crippen LogP contribution >= 0.6 is 0 Å². The van der Waals surface area contributed by atoms with E-state index in [-0.39, 0.29) is 11.9 Å². The van der Waals surface area contributed by atoms with Crippen molar-refractivity contribution in [1.82, 2.24) is 0 Å². The van der Waals surface area contributed by atoms with Gasteiger partial charge in [0, 0.05) is 32.4 Å². The quantitative estimate of drug-likeness (QED) is 0.907. The zero-order valence-corrected chi connectivity index (χ0v) is 12.6. The number of benzene rings is 2. The number of hydrogen-bond acceptors (Lipinski definition) is 3. The number of hydrogen-bond donors (Lipinski definition) is 2. The highest BCUT2D eigenvalue weighted by molar-refractivity contribution is 5.88. The van der Waals surface area contributed by atoms with Crippen molar-refractivity contribution in [2.75, 3.05) is 24.3 Å². The average molecular weight is 283 g/mol. The molecule has 3 N–H and O–H groups in total. The molecule has 2 rings (SSSR count). The third kappa shape index (κ3) is 3.83. The lowest BCUT2D eigenvalue weighted by Gasteiger charge is -2.16. The van der Waals surface area contributed by atoms with Crippen LogP contribution in [0.3, 0.4) is 0 Å². The van der Waals surface area contributed by atoms with E-state index in [2.05, 4.69) is 22.3 Å². The fraction of sp³-hybridized carbons (Fsp3) is 0.235. The molecule has 110 valence electrons. The van der Waals surface area contributed by atoms with E-state index >= 15 is 0 Å². The van der Waals surface area contributed by atoms with Crippen LogP contribution in [0.4, 0.5) is 11.4 Å². The summed E-state index contributed by atoms with van der Waals surface area (Å²) >= 11 is 0. The van der Waals surface area contributed by atoms with Crippen LogP contribution in [0.25, 0.3) is 0 Å². The van der Waals surface area contributed by atoms with Crippen molar-refractivity contribution < 1.29 is 4.79 Å². The Bertz CT molecular complexity index is 603. The molecular weight excluding hydrogens is 262 g/mol. The number of nitrogens with two attached hydrogens (primary N) is 1. The summed E-state index contributed by atoms with van der Waals surface area (Å²) in [5, 5.41) is 2.75. The Morgan fingerprint density at radius 2 is 1.48 bits per heavy atom. The van der Waals surface area contributed by atoms with Crippen LogP contribution in [0.2, 0.25) is 0 Å². The maximum atomic E-state index is 11.0. The Balaban J connectivity index is 2.15. The van der Waals surface area contributed by atoms with Gasteiger partial charge in [0.2, 0.25) is 5.91 Å². The zero-order chi connectivity index (χ0) is 15.4. The molecule has 0 heterocycles. The Kier molecular flexibility index (Phi) is 4.60. The fourth-order valence-corrected chi connectivity index (χ4v) is 2.15. The molecular formula is C17H21N3O. The molecule has 0 saturated heterocycles. The Morgan fingerprint density at radius 1 is 1.00 bits per heavy atom. The Labute approximate surface area is 125 Å². The molecule has 0 fully saturated rings. The highest BCUT2D eigenvalue weighted by Gasteiger charge is 2.09. The first kappa shape index (κ1) is 15.1. The molecule has 1 unspecified atom stereocenters. The highest BCUT2D eigenvalue weighted by atomic mass is 16.1. The summed E-state index contributed by atoms with van der Waals surface area (Å²) in [5.74, 6) is -0.0775. The van der Waals surface area contributed by atoms with E-state index in [9.17, 15) is 4.79 Å². The molecule has 1 atom stereocenters. The lowest BCUT2D eigenvalue weighted by Crippen LogP contribution is -2.13. The molecule has 0 bridgehead atoms. The third-order valence-electron chi connectivity index (χ3n) is 3.36. The topological polar surface area (TPSA) is 58.4 Å². The number of nitrogens with zero attached hydrogens (tertiary/aromatic N) is 1. The number of rotatable bonds is 4. The summed E-state index contributed by atoms with van der Waals surface area (Å²) in [6.45, 7) is 1.49. The summed E-state index contributed by atoms with van der Waals surface area (Å²) in [4.78, 5) is 13.1. The number of anilines is 2. The van der Waals surface area contributed by atoms with Crippen LogP contribution in [0.5, 0.6) is 0 Å². The average Bonchev–Trinajstić information content (AvgIpc) is 2.47. The Hall–Kier alpha value is -2.33. The van der Waals surface area contributed by atoms with Crippen molar-refractivity contribution in [2.45, 2.75) is 13.0 Å².